The van der Waals surface area contributed by atoms with Crippen LogP contribution in [0.3, 0.4) is 0 Å². The van der Waals surface area contributed by atoms with Gasteiger partial charge in [0.2, 0.25) is 5.95 Å². The SMILES string of the molecule is CCn1cc(C)nc1Nc1cccc(COC)c1. The summed E-state index contributed by atoms with van der Waals surface area (Å²) in [7, 11) is 1.70. The Bertz CT molecular complexity index is 520. The van der Waals surface area contributed by atoms with E-state index in [1.807, 2.05) is 31.3 Å². The van der Waals surface area contributed by atoms with Crippen LogP contribution in [-0.2, 0) is 17.9 Å². The van der Waals surface area contributed by atoms with E-state index in [2.05, 4.69) is 27.9 Å². The fraction of sp³-hybridized carbons (Fsp3) is 0.357. The third-order valence-corrected chi connectivity index (χ3v) is 2.73. The highest BCUT2D eigenvalue weighted by Crippen LogP contribution is 2.18. The van der Waals surface area contributed by atoms with Gasteiger partial charge in [-0.05, 0) is 31.5 Å². The molecule has 96 valence electrons. The third-order valence-electron chi connectivity index (χ3n) is 2.73. The van der Waals surface area contributed by atoms with E-state index in [9.17, 15) is 0 Å². The summed E-state index contributed by atoms with van der Waals surface area (Å²) in [6.45, 7) is 5.63. The van der Waals surface area contributed by atoms with Gasteiger partial charge in [-0.25, -0.2) is 4.98 Å². The molecule has 18 heavy (non-hydrogen) atoms. The van der Waals surface area contributed by atoms with Crippen LogP contribution in [0.4, 0.5) is 11.6 Å². The first-order valence-electron chi connectivity index (χ1n) is 6.11. The van der Waals surface area contributed by atoms with Crippen LogP contribution in [0, 0.1) is 6.92 Å². The number of rotatable bonds is 5. The van der Waals surface area contributed by atoms with Gasteiger partial charge in [0.1, 0.15) is 0 Å². The number of anilines is 2. The van der Waals surface area contributed by atoms with Crippen LogP contribution in [-0.4, -0.2) is 16.7 Å². The average Bonchev–Trinajstić information content (AvgIpc) is 2.70. The summed E-state index contributed by atoms with van der Waals surface area (Å²) in [6.07, 6.45) is 2.04. The number of hydrogen-bond donors (Lipinski definition) is 1. The molecule has 0 atom stereocenters. The second-order valence-electron chi connectivity index (χ2n) is 4.25. The zero-order valence-corrected chi connectivity index (χ0v) is 11.1. The number of ether oxygens (including phenoxy) is 1. The molecule has 1 aromatic heterocycles. The normalized spacial score (nSPS) is 10.6. The predicted octanol–water partition coefficient (Wildman–Crippen LogP) is 3.10. The molecule has 1 N–H and O–H groups in total. The fourth-order valence-electron chi connectivity index (χ4n) is 1.92. The van der Waals surface area contributed by atoms with Gasteiger partial charge in [-0.15, -0.1) is 0 Å². The van der Waals surface area contributed by atoms with Crippen molar-refractivity contribution < 1.29 is 4.74 Å². The van der Waals surface area contributed by atoms with Crippen LogP contribution in [0.1, 0.15) is 18.2 Å². The van der Waals surface area contributed by atoms with E-state index in [-0.39, 0.29) is 0 Å². The molecule has 0 aliphatic carbocycles. The Morgan fingerprint density at radius 1 is 1.39 bits per heavy atom. The molecule has 0 amide bonds. The van der Waals surface area contributed by atoms with Crippen molar-refractivity contribution in [1.82, 2.24) is 9.55 Å². The van der Waals surface area contributed by atoms with Gasteiger partial charge in [-0.2, -0.15) is 0 Å². The largest absolute Gasteiger partial charge is 0.380 e. The lowest BCUT2D eigenvalue weighted by molar-refractivity contribution is 0.185. The van der Waals surface area contributed by atoms with Crippen molar-refractivity contribution in [2.75, 3.05) is 12.4 Å². The molecule has 0 saturated carbocycles. The second-order valence-corrected chi connectivity index (χ2v) is 4.25. The first-order valence-corrected chi connectivity index (χ1v) is 6.11. The van der Waals surface area contributed by atoms with E-state index in [4.69, 9.17) is 4.74 Å². The highest BCUT2D eigenvalue weighted by Gasteiger charge is 2.04. The molecule has 0 aliphatic rings. The molecule has 0 radical (unpaired) electrons. The number of aryl methyl sites for hydroxylation is 2. The zero-order chi connectivity index (χ0) is 13.0. The summed E-state index contributed by atoms with van der Waals surface area (Å²) < 4.78 is 7.23. The maximum absolute atomic E-state index is 5.13. The van der Waals surface area contributed by atoms with Crippen molar-refractivity contribution in [3.8, 4) is 0 Å². The van der Waals surface area contributed by atoms with E-state index in [1.54, 1.807) is 7.11 Å². The van der Waals surface area contributed by atoms with Crippen LogP contribution >= 0.6 is 0 Å². The lowest BCUT2D eigenvalue weighted by Gasteiger charge is -2.09. The summed E-state index contributed by atoms with van der Waals surface area (Å²) in [5, 5.41) is 3.34. The molecule has 1 heterocycles. The Morgan fingerprint density at radius 3 is 2.94 bits per heavy atom. The van der Waals surface area contributed by atoms with Crippen LogP contribution in [0.2, 0.25) is 0 Å². The van der Waals surface area contributed by atoms with Crippen molar-refractivity contribution in [2.24, 2.45) is 0 Å². The predicted molar refractivity (Wildman–Crippen MR) is 73.1 cm³/mol. The van der Waals surface area contributed by atoms with Crippen molar-refractivity contribution in [1.29, 1.82) is 0 Å². The Hall–Kier alpha value is -1.81. The molecule has 0 saturated heterocycles. The minimum absolute atomic E-state index is 0.622. The van der Waals surface area contributed by atoms with Crippen LogP contribution < -0.4 is 5.32 Å². The number of aromatic nitrogens is 2. The first-order chi connectivity index (χ1) is 8.72. The van der Waals surface area contributed by atoms with Crippen molar-refractivity contribution in [3.05, 3.63) is 41.7 Å². The molecule has 0 fully saturated rings. The van der Waals surface area contributed by atoms with Gasteiger partial charge in [0, 0.05) is 25.5 Å². The molecular formula is C14H19N3O. The van der Waals surface area contributed by atoms with Gasteiger partial charge < -0.3 is 14.6 Å². The molecule has 0 unspecified atom stereocenters. The quantitative estimate of drug-likeness (QED) is 0.879. The minimum atomic E-state index is 0.622. The molecule has 0 spiro atoms. The monoisotopic (exact) mass is 245 g/mol. The Morgan fingerprint density at radius 2 is 2.22 bits per heavy atom. The molecule has 0 aliphatic heterocycles. The van der Waals surface area contributed by atoms with Gasteiger partial charge in [-0.1, -0.05) is 12.1 Å². The fourth-order valence-corrected chi connectivity index (χ4v) is 1.92. The maximum atomic E-state index is 5.13. The van der Waals surface area contributed by atoms with Gasteiger partial charge in [0.25, 0.3) is 0 Å². The van der Waals surface area contributed by atoms with E-state index in [0.29, 0.717) is 6.61 Å². The highest BCUT2D eigenvalue weighted by molar-refractivity contribution is 5.55. The van der Waals surface area contributed by atoms with E-state index in [1.165, 1.54) is 0 Å². The molecule has 4 heteroatoms. The van der Waals surface area contributed by atoms with E-state index >= 15 is 0 Å². The highest BCUT2D eigenvalue weighted by atomic mass is 16.5. The standard InChI is InChI=1S/C14H19N3O/c1-4-17-9-11(2)15-14(17)16-13-7-5-6-12(8-13)10-18-3/h5-9H,4,10H2,1-3H3,(H,15,16). The molecular weight excluding hydrogens is 226 g/mol. The average molecular weight is 245 g/mol. The summed E-state index contributed by atoms with van der Waals surface area (Å²) in [5.74, 6) is 0.879. The second kappa shape index (κ2) is 5.69. The summed E-state index contributed by atoms with van der Waals surface area (Å²) in [6, 6.07) is 8.17. The Kier molecular flexibility index (Phi) is 3.99. The van der Waals surface area contributed by atoms with Gasteiger partial charge in [0.05, 0.1) is 12.3 Å². The number of nitrogens with zero attached hydrogens (tertiary/aromatic N) is 2. The van der Waals surface area contributed by atoms with Crippen LogP contribution in [0.15, 0.2) is 30.5 Å². The van der Waals surface area contributed by atoms with Crippen LogP contribution in [0.25, 0.3) is 0 Å². The third kappa shape index (κ3) is 2.90. The Labute approximate surface area is 108 Å². The lowest BCUT2D eigenvalue weighted by atomic mass is 10.2. The molecule has 1 aromatic carbocycles. The zero-order valence-electron chi connectivity index (χ0n) is 11.1. The summed E-state index contributed by atoms with van der Waals surface area (Å²) in [5.41, 5.74) is 3.20. The minimum Gasteiger partial charge on any atom is -0.380 e. The summed E-state index contributed by atoms with van der Waals surface area (Å²) in [4.78, 5) is 4.47. The Balaban J connectivity index is 2.19. The number of nitrogens with one attached hydrogen (secondary N) is 1. The number of hydrogen-bond acceptors (Lipinski definition) is 3. The lowest BCUT2D eigenvalue weighted by Crippen LogP contribution is -2.01. The number of methoxy groups -OCH3 is 1. The first kappa shape index (κ1) is 12.6. The molecule has 2 aromatic rings. The topological polar surface area (TPSA) is 39.1 Å². The molecule has 4 nitrogen and oxygen atoms in total. The van der Waals surface area contributed by atoms with Crippen molar-refractivity contribution in [2.45, 2.75) is 27.0 Å². The van der Waals surface area contributed by atoms with Gasteiger partial charge in [-0.3, -0.25) is 0 Å². The molecule has 0 bridgehead atoms. The number of benzene rings is 1. The molecule has 2 rings (SSSR count). The van der Waals surface area contributed by atoms with E-state index < -0.39 is 0 Å². The van der Waals surface area contributed by atoms with Crippen LogP contribution in [0.5, 0.6) is 0 Å². The number of imidazole rings is 1. The summed E-state index contributed by atoms with van der Waals surface area (Å²) >= 11 is 0. The van der Waals surface area contributed by atoms with Gasteiger partial charge >= 0.3 is 0 Å². The van der Waals surface area contributed by atoms with Crippen molar-refractivity contribution >= 4 is 11.6 Å². The van der Waals surface area contributed by atoms with Crippen molar-refractivity contribution in [3.63, 3.8) is 0 Å². The maximum Gasteiger partial charge on any atom is 0.207 e. The van der Waals surface area contributed by atoms with E-state index in [0.717, 1.165) is 29.4 Å². The van der Waals surface area contributed by atoms with Gasteiger partial charge in [0.15, 0.2) is 0 Å². The smallest absolute Gasteiger partial charge is 0.207 e.